The summed E-state index contributed by atoms with van der Waals surface area (Å²) >= 11 is 6.85. The molecule has 3 heterocycles. The minimum atomic E-state index is 0.600. The topological polar surface area (TPSA) is 43.2 Å². The molecule has 0 aromatic carbocycles. The van der Waals surface area contributed by atoms with E-state index in [-0.39, 0.29) is 0 Å². The fraction of sp³-hybridized carbons (Fsp3) is 0.700. The monoisotopic (exact) mass is 358 g/mol. The fourth-order valence-electron chi connectivity index (χ4n) is 4.77. The molecule has 0 radical (unpaired) electrons. The molecule has 0 atom stereocenters. The van der Waals surface area contributed by atoms with Crippen LogP contribution in [0.2, 0.25) is 5.02 Å². The number of nitrogens with zero attached hydrogens (tertiary/aromatic N) is 4. The lowest BCUT2D eigenvalue weighted by atomic mass is 9.90. The lowest BCUT2D eigenvalue weighted by molar-refractivity contribution is 0.141. The highest BCUT2D eigenvalue weighted by molar-refractivity contribution is 6.34. The van der Waals surface area contributed by atoms with Crippen molar-refractivity contribution in [3.8, 4) is 6.07 Å². The van der Waals surface area contributed by atoms with Gasteiger partial charge in [0, 0.05) is 32.2 Å². The second-order valence-electron chi connectivity index (χ2n) is 7.73. The van der Waals surface area contributed by atoms with Gasteiger partial charge in [-0.3, -0.25) is 4.90 Å². The van der Waals surface area contributed by atoms with Crippen LogP contribution in [0.5, 0.6) is 0 Å². The van der Waals surface area contributed by atoms with Crippen LogP contribution < -0.4 is 4.90 Å². The van der Waals surface area contributed by atoms with Gasteiger partial charge < -0.3 is 4.90 Å². The van der Waals surface area contributed by atoms with Gasteiger partial charge in [0.15, 0.2) is 0 Å². The van der Waals surface area contributed by atoms with E-state index in [1.807, 2.05) is 0 Å². The van der Waals surface area contributed by atoms with Crippen molar-refractivity contribution in [2.45, 2.75) is 70.4 Å². The molecule has 2 fully saturated rings. The molecule has 1 saturated heterocycles. The number of anilines is 1. The first-order valence-electron chi connectivity index (χ1n) is 9.88. The number of halogens is 1. The Balaban J connectivity index is 1.66. The average Bonchev–Trinajstić information content (AvgIpc) is 2.69. The molecule has 1 aromatic heterocycles. The molecule has 1 saturated carbocycles. The van der Waals surface area contributed by atoms with Gasteiger partial charge in [0.1, 0.15) is 17.6 Å². The van der Waals surface area contributed by atoms with E-state index < -0.39 is 0 Å². The predicted molar refractivity (Wildman–Crippen MR) is 101 cm³/mol. The molecule has 0 bridgehead atoms. The number of rotatable bonds is 2. The highest BCUT2D eigenvalue weighted by Gasteiger charge is 2.30. The molecule has 1 aromatic rings. The molecule has 0 N–H and O–H groups in total. The second kappa shape index (κ2) is 7.51. The maximum atomic E-state index is 9.63. The lowest BCUT2D eigenvalue weighted by Crippen LogP contribution is -2.41. The van der Waals surface area contributed by atoms with E-state index in [1.54, 1.807) is 0 Å². The summed E-state index contributed by atoms with van der Waals surface area (Å²) < 4.78 is 0. The van der Waals surface area contributed by atoms with Crippen molar-refractivity contribution < 1.29 is 0 Å². The van der Waals surface area contributed by atoms with Crippen LogP contribution in [0.1, 0.15) is 68.2 Å². The molecular weight excluding hydrogens is 332 g/mol. The van der Waals surface area contributed by atoms with Crippen molar-refractivity contribution >= 4 is 17.4 Å². The lowest BCUT2D eigenvalue weighted by Gasteiger charge is -2.39. The summed E-state index contributed by atoms with van der Waals surface area (Å²) in [5.41, 5.74) is 2.87. The molecule has 0 unspecified atom stereocenters. The zero-order valence-electron chi connectivity index (χ0n) is 14.9. The van der Waals surface area contributed by atoms with Gasteiger partial charge >= 0.3 is 0 Å². The molecule has 25 heavy (non-hydrogen) atoms. The molecule has 4 nitrogen and oxygen atoms in total. The minimum Gasteiger partial charge on any atom is -0.355 e. The van der Waals surface area contributed by atoms with E-state index in [1.165, 1.54) is 56.9 Å². The Morgan fingerprint density at radius 1 is 0.960 bits per heavy atom. The first-order valence-corrected chi connectivity index (χ1v) is 10.3. The summed E-state index contributed by atoms with van der Waals surface area (Å²) in [6.07, 6.45) is 11.2. The molecule has 134 valence electrons. The predicted octanol–water partition coefficient (Wildman–Crippen LogP) is 4.29. The van der Waals surface area contributed by atoms with E-state index >= 15 is 0 Å². The number of nitriles is 1. The SMILES string of the molecule is N#Cc1nc(N2CCCCC2)c(Cl)c2c1CCN(C1CCCCC1)C2. The van der Waals surface area contributed by atoms with Gasteiger partial charge in [0.2, 0.25) is 0 Å². The summed E-state index contributed by atoms with van der Waals surface area (Å²) in [5.74, 6) is 0.849. The third kappa shape index (κ3) is 3.37. The Labute approximate surface area is 155 Å². The Bertz CT molecular complexity index is 669. The molecule has 5 heteroatoms. The van der Waals surface area contributed by atoms with Gasteiger partial charge in [-0.2, -0.15) is 5.26 Å². The van der Waals surface area contributed by atoms with E-state index in [0.29, 0.717) is 11.7 Å². The van der Waals surface area contributed by atoms with Gasteiger partial charge in [-0.05, 0) is 49.7 Å². The number of aromatic nitrogens is 1. The van der Waals surface area contributed by atoms with Crippen LogP contribution in [-0.4, -0.2) is 35.6 Å². The quantitative estimate of drug-likeness (QED) is 0.791. The minimum absolute atomic E-state index is 0.600. The highest BCUT2D eigenvalue weighted by Crippen LogP contribution is 2.37. The van der Waals surface area contributed by atoms with Crippen molar-refractivity contribution in [2.24, 2.45) is 0 Å². The zero-order chi connectivity index (χ0) is 17.2. The van der Waals surface area contributed by atoms with E-state index in [4.69, 9.17) is 11.6 Å². The molecule has 3 aliphatic rings. The molecule has 0 spiro atoms. The largest absolute Gasteiger partial charge is 0.355 e. The molecule has 2 aliphatic heterocycles. The summed E-state index contributed by atoms with van der Waals surface area (Å²) in [5, 5.41) is 10.4. The number of piperidine rings is 1. The fourth-order valence-corrected chi connectivity index (χ4v) is 5.11. The van der Waals surface area contributed by atoms with Gasteiger partial charge in [-0.15, -0.1) is 0 Å². The van der Waals surface area contributed by atoms with Crippen molar-refractivity contribution in [1.82, 2.24) is 9.88 Å². The molecule has 1 aliphatic carbocycles. The van der Waals surface area contributed by atoms with Crippen LogP contribution in [0, 0.1) is 11.3 Å². The third-order valence-electron chi connectivity index (χ3n) is 6.19. The first-order chi connectivity index (χ1) is 12.3. The van der Waals surface area contributed by atoms with Crippen molar-refractivity contribution in [1.29, 1.82) is 5.26 Å². The van der Waals surface area contributed by atoms with Gasteiger partial charge in [-0.1, -0.05) is 30.9 Å². The van der Waals surface area contributed by atoms with Gasteiger partial charge in [-0.25, -0.2) is 4.98 Å². The van der Waals surface area contributed by atoms with Gasteiger partial charge in [0.05, 0.1) is 5.02 Å². The number of hydrogen-bond acceptors (Lipinski definition) is 4. The van der Waals surface area contributed by atoms with Crippen LogP contribution in [0.15, 0.2) is 0 Å². The third-order valence-corrected chi connectivity index (χ3v) is 6.59. The van der Waals surface area contributed by atoms with Crippen LogP contribution in [0.3, 0.4) is 0 Å². The van der Waals surface area contributed by atoms with Crippen molar-refractivity contribution in [2.75, 3.05) is 24.5 Å². The summed E-state index contributed by atoms with van der Waals surface area (Å²) in [6.45, 7) is 3.93. The van der Waals surface area contributed by atoms with Crippen molar-refractivity contribution in [3.05, 3.63) is 21.8 Å². The summed E-state index contributed by atoms with van der Waals surface area (Å²) in [7, 11) is 0. The van der Waals surface area contributed by atoms with Gasteiger partial charge in [0.25, 0.3) is 0 Å². The van der Waals surface area contributed by atoms with Crippen LogP contribution in [0.4, 0.5) is 5.82 Å². The average molecular weight is 359 g/mol. The maximum absolute atomic E-state index is 9.63. The Morgan fingerprint density at radius 3 is 2.40 bits per heavy atom. The maximum Gasteiger partial charge on any atom is 0.149 e. The Kier molecular flexibility index (Phi) is 5.15. The highest BCUT2D eigenvalue weighted by atomic mass is 35.5. The normalized spacial score (nSPS) is 22.5. The Morgan fingerprint density at radius 2 is 1.68 bits per heavy atom. The van der Waals surface area contributed by atoms with Crippen molar-refractivity contribution in [3.63, 3.8) is 0 Å². The summed E-state index contributed by atoms with van der Waals surface area (Å²) in [6, 6.07) is 3.03. The number of pyridine rings is 1. The molecule has 4 rings (SSSR count). The van der Waals surface area contributed by atoms with E-state index in [9.17, 15) is 5.26 Å². The second-order valence-corrected chi connectivity index (χ2v) is 8.10. The van der Waals surface area contributed by atoms with Crippen LogP contribution in [0.25, 0.3) is 0 Å². The molecular formula is C20H27ClN4. The number of fused-ring (bicyclic) bond motifs is 1. The molecule has 0 amide bonds. The first kappa shape index (κ1) is 17.1. The van der Waals surface area contributed by atoms with Crippen LogP contribution in [-0.2, 0) is 13.0 Å². The Hall–Kier alpha value is -1.31. The zero-order valence-corrected chi connectivity index (χ0v) is 15.7. The van der Waals surface area contributed by atoms with E-state index in [0.717, 1.165) is 49.0 Å². The number of hydrogen-bond donors (Lipinski definition) is 0. The smallest absolute Gasteiger partial charge is 0.149 e. The van der Waals surface area contributed by atoms with Crippen LogP contribution >= 0.6 is 11.6 Å². The van der Waals surface area contributed by atoms with E-state index in [2.05, 4.69) is 20.9 Å². The standard InChI is InChI=1S/C20H27ClN4/c21-19-17-14-25(15-7-3-1-4-8-15)12-9-16(17)18(13-22)23-20(19)24-10-5-2-6-11-24/h15H,1-12,14H2. The summed E-state index contributed by atoms with van der Waals surface area (Å²) in [4.78, 5) is 9.57.